The molecule has 0 spiro atoms. The molecule has 1 unspecified atom stereocenters. The van der Waals surface area contributed by atoms with Crippen LogP contribution in [0.5, 0.6) is 0 Å². The van der Waals surface area contributed by atoms with Gasteiger partial charge in [0.25, 0.3) is 0 Å². The predicted octanol–water partition coefficient (Wildman–Crippen LogP) is 2.43. The van der Waals surface area contributed by atoms with Gasteiger partial charge < -0.3 is 5.32 Å². The fourth-order valence-corrected chi connectivity index (χ4v) is 2.57. The van der Waals surface area contributed by atoms with Crippen LogP contribution in [0.2, 0.25) is 0 Å². The maximum absolute atomic E-state index is 12.1. The Bertz CT molecular complexity index is 567. The molecule has 4 nitrogen and oxygen atoms in total. The van der Waals surface area contributed by atoms with E-state index in [9.17, 15) is 4.79 Å². The Morgan fingerprint density at radius 2 is 1.93 bits per heavy atom. The van der Waals surface area contributed by atoms with Crippen LogP contribution in [0.3, 0.4) is 0 Å². The monoisotopic (exact) mass is 397 g/mol. The average Bonchev–Trinajstić information content (AvgIpc) is 2.58. The summed E-state index contributed by atoms with van der Waals surface area (Å²) in [6.45, 7) is 14.6. The molecule has 1 amide bonds. The molecule has 1 aromatic heterocycles. The van der Waals surface area contributed by atoms with Gasteiger partial charge in [-0.2, -0.15) is 19.1 Å². The Labute approximate surface area is 209 Å². The van der Waals surface area contributed by atoms with E-state index in [4.69, 9.17) is 5.26 Å². The van der Waals surface area contributed by atoms with Crippen LogP contribution in [-0.4, -0.2) is 10.9 Å². The van der Waals surface area contributed by atoms with E-state index < -0.39 is 0 Å². The number of aromatic nitrogens is 1. The number of carbonyl (C=O) groups is 1. The van der Waals surface area contributed by atoms with Crippen LogP contribution >= 0.6 is 0 Å². The third kappa shape index (κ3) is 14.4. The molecular weight excluding hydrogens is 361 g/mol. The van der Waals surface area contributed by atoms with E-state index in [0.29, 0.717) is 11.6 Å². The number of hydrogen-bond donors (Lipinski definition) is 1. The van der Waals surface area contributed by atoms with Crippen LogP contribution in [0.25, 0.3) is 0 Å². The smallest absolute Gasteiger partial charge is 0.503 e. The number of nitrogens with zero attached hydrogens (tertiary/aromatic N) is 2. The van der Waals surface area contributed by atoms with Gasteiger partial charge in [0.1, 0.15) is 11.8 Å². The number of hydrogen-bond acceptors (Lipinski definition) is 3. The summed E-state index contributed by atoms with van der Waals surface area (Å²) in [5.74, 6) is 1.70. The van der Waals surface area contributed by atoms with Crippen molar-refractivity contribution in [2.45, 2.75) is 74.1 Å². The molecule has 146 valence electrons. The Kier molecular flexibility index (Phi) is 17.9. The normalized spacial score (nSPS) is 12.3. The molecule has 1 aromatic rings. The SMILES string of the molecule is CCC(C)CC[C@@H](CC(C)C)C(=O)N[C-](C)C.Cc1cccnc1C#N.[K+]. The fourth-order valence-electron chi connectivity index (χ4n) is 2.57. The van der Waals surface area contributed by atoms with Crippen molar-refractivity contribution in [1.82, 2.24) is 10.3 Å². The summed E-state index contributed by atoms with van der Waals surface area (Å²) in [6.07, 6.45) is 5.99. The van der Waals surface area contributed by atoms with E-state index in [1.54, 1.807) is 6.20 Å². The second-order valence-corrected chi connectivity index (χ2v) is 7.69. The third-order valence-electron chi connectivity index (χ3n) is 4.32. The first kappa shape index (κ1) is 29.0. The molecule has 1 heterocycles. The van der Waals surface area contributed by atoms with Crippen LogP contribution in [-0.2, 0) is 4.79 Å². The Morgan fingerprint density at radius 3 is 2.33 bits per heavy atom. The molecule has 27 heavy (non-hydrogen) atoms. The van der Waals surface area contributed by atoms with Crippen LogP contribution < -0.4 is 56.7 Å². The van der Waals surface area contributed by atoms with Crippen molar-refractivity contribution in [2.24, 2.45) is 17.8 Å². The maximum Gasteiger partial charge on any atom is 1.00 e. The molecule has 1 N–H and O–H groups in total. The quantitative estimate of drug-likeness (QED) is 0.541. The molecule has 0 aliphatic carbocycles. The first-order valence-corrected chi connectivity index (χ1v) is 9.63. The molecule has 0 saturated heterocycles. The topological polar surface area (TPSA) is 65.8 Å². The summed E-state index contributed by atoms with van der Waals surface area (Å²) in [7, 11) is 0. The van der Waals surface area contributed by atoms with Crippen molar-refractivity contribution in [3.05, 3.63) is 35.6 Å². The van der Waals surface area contributed by atoms with Gasteiger partial charge in [-0.3, -0.25) is 4.79 Å². The number of aryl methyl sites for hydroxylation is 1. The van der Waals surface area contributed by atoms with E-state index in [1.807, 2.05) is 39.0 Å². The van der Waals surface area contributed by atoms with Gasteiger partial charge in [-0.25, -0.2) is 11.0 Å². The maximum atomic E-state index is 12.1. The Hall–Kier alpha value is -0.254. The van der Waals surface area contributed by atoms with E-state index in [2.05, 4.69) is 38.0 Å². The van der Waals surface area contributed by atoms with Crippen molar-refractivity contribution in [3.8, 4) is 6.07 Å². The number of nitrogens with one attached hydrogen (secondary N) is 1. The van der Waals surface area contributed by atoms with Crippen molar-refractivity contribution in [3.63, 3.8) is 0 Å². The average molecular weight is 398 g/mol. The second-order valence-electron chi connectivity index (χ2n) is 7.69. The molecule has 0 aliphatic rings. The molecule has 0 fully saturated rings. The molecular formula is C22H36KN3O. The van der Waals surface area contributed by atoms with Crippen molar-refractivity contribution < 1.29 is 56.2 Å². The number of pyridine rings is 1. The first-order chi connectivity index (χ1) is 12.2. The van der Waals surface area contributed by atoms with Crippen molar-refractivity contribution in [2.75, 3.05) is 0 Å². The summed E-state index contributed by atoms with van der Waals surface area (Å²) >= 11 is 0. The van der Waals surface area contributed by atoms with E-state index in [0.717, 1.165) is 36.8 Å². The first-order valence-electron chi connectivity index (χ1n) is 9.63. The van der Waals surface area contributed by atoms with Gasteiger partial charge in [0.15, 0.2) is 5.91 Å². The minimum absolute atomic E-state index is 0. The summed E-state index contributed by atoms with van der Waals surface area (Å²) < 4.78 is 0. The van der Waals surface area contributed by atoms with E-state index in [-0.39, 0.29) is 63.2 Å². The molecule has 0 aliphatic heterocycles. The fraction of sp³-hybridized carbons (Fsp3) is 0.636. The van der Waals surface area contributed by atoms with Crippen LogP contribution in [0.15, 0.2) is 18.3 Å². The minimum Gasteiger partial charge on any atom is -0.503 e. The van der Waals surface area contributed by atoms with Crippen molar-refractivity contribution in [1.29, 1.82) is 5.26 Å². The van der Waals surface area contributed by atoms with Crippen LogP contribution in [0.1, 0.15) is 78.5 Å². The second kappa shape index (κ2) is 16.7. The predicted molar refractivity (Wildman–Crippen MR) is 108 cm³/mol. The summed E-state index contributed by atoms with van der Waals surface area (Å²) in [5.41, 5.74) is 1.44. The molecule has 0 aromatic carbocycles. The van der Waals surface area contributed by atoms with Gasteiger partial charge in [0.2, 0.25) is 0 Å². The van der Waals surface area contributed by atoms with Gasteiger partial charge in [0, 0.05) is 12.1 Å². The Morgan fingerprint density at radius 1 is 1.30 bits per heavy atom. The minimum atomic E-state index is 0. The summed E-state index contributed by atoms with van der Waals surface area (Å²) in [5, 5.41) is 11.4. The number of carbonyl (C=O) groups excluding carboxylic acids is 1. The summed E-state index contributed by atoms with van der Waals surface area (Å²) in [6, 6.07) is 6.66. The van der Waals surface area contributed by atoms with E-state index in [1.165, 1.54) is 6.42 Å². The van der Waals surface area contributed by atoms with Gasteiger partial charge in [-0.15, -0.1) is 0 Å². The van der Waals surface area contributed by atoms with Gasteiger partial charge >= 0.3 is 51.4 Å². The van der Waals surface area contributed by atoms with Crippen molar-refractivity contribution >= 4 is 5.91 Å². The molecule has 0 radical (unpaired) electrons. The zero-order valence-electron chi connectivity index (χ0n) is 18.6. The van der Waals surface area contributed by atoms with Crippen LogP contribution in [0.4, 0.5) is 0 Å². The largest absolute Gasteiger partial charge is 1.00 e. The van der Waals surface area contributed by atoms with E-state index >= 15 is 0 Å². The van der Waals surface area contributed by atoms with Gasteiger partial charge in [0.05, 0.1) is 0 Å². The van der Waals surface area contributed by atoms with Gasteiger partial charge in [-0.1, -0.05) is 40.2 Å². The summed E-state index contributed by atoms with van der Waals surface area (Å²) in [4.78, 5) is 15.9. The zero-order valence-corrected chi connectivity index (χ0v) is 21.7. The molecule has 2 atom stereocenters. The van der Waals surface area contributed by atoms with Crippen LogP contribution in [0, 0.1) is 42.1 Å². The standard InChI is InChI=1S/C15H30NO.C7H6N2.K/c1-7-13(6)8-9-14(10-11(2)3)15(17)16-12(4)5;1-6-3-2-4-9-7(6)5-8;/h11,13-14H,7-10H2,1-6H3,(H,16,17);2-4H,1H3;/q-1;;+1/t13?,14-;;/m0../s1. The Balaban J connectivity index is 0. The molecule has 0 bridgehead atoms. The number of nitriles is 1. The third-order valence-corrected chi connectivity index (χ3v) is 4.32. The zero-order chi connectivity index (χ0) is 20.1. The molecule has 1 rings (SSSR count). The number of rotatable bonds is 8. The number of amides is 1. The molecule has 0 saturated carbocycles. The molecule has 5 heteroatoms. The van der Waals surface area contributed by atoms with Gasteiger partial charge in [-0.05, 0) is 49.7 Å².